The third-order valence-corrected chi connectivity index (χ3v) is 3.38. The van der Waals surface area contributed by atoms with Gasteiger partial charge in [-0.05, 0) is 25.3 Å². The van der Waals surface area contributed by atoms with Crippen molar-refractivity contribution in [2.75, 3.05) is 0 Å². The molecule has 0 fully saturated rings. The molecule has 0 spiro atoms. The summed E-state index contributed by atoms with van der Waals surface area (Å²) < 4.78 is 0. The lowest BCUT2D eigenvalue weighted by Crippen LogP contribution is -2.34. The monoisotopic (exact) mass is 261 g/mol. The van der Waals surface area contributed by atoms with Crippen molar-refractivity contribution in [1.82, 2.24) is 15.3 Å². The maximum Gasteiger partial charge on any atom is 0.271 e. The van der Waals surface area contributed by atoms with Crippen LogP contribution in [0.2, 0.25) is 0 Å². The molecule has 18 heavy (non-hydrogen) atoms. The summed E-state index contributed by atoms with van der Waals surface area (Å²) in [4.78, 5) is 21.3. The Bertz CT molecular complexity index is 508. The van der Waals surface area contributed by atoms with Crippen LogP contribution in [-0.4, -0.2) is 21.9 Å². The van der Waals surface area contributed by atoms with Gasteiger partial charge in [0.05, 0.1) is 11.9 Å². The molecule has 0 aliphatic carbocycles. The van der Waals surface area contributed by atoms with Crippen molar-refractivity contribution in [3.8, 4) is 0 Å². The van der Waals surface area contributed by atoms with E-state index in [9.17, 15) is 4.79 Å². The summed E-state index contributed by atoms with van der Waals surface area (Å²) in [7, 11) is 0. The molecule has 2 heterocycles. The highest BCUT2D eigenvalue weighted by atomic mass is 32.1. The number of carbonyl (C=O) groups excluding carboxylic acids is 1. The number of hydrogen-bond acceptors (Lipinski definition) is 4. The molecule has 0 saturated carbocycles. The number of aromatic nitrogens is 2. The zero-order chi connectivity index (χ0) is 13.0. The molecule has 1 atom stereocenters. The van der Waals surface area contributed by atoms with Gasteiger partial charge < -0.3 is 5.32 Å². The van der Waals surface area contributed by atoms with Crippen LogP contribution in [-0.2, 0) is 6.42 Å². The van der Waals surface area contributed by atoms with Crippen LogP contribution in [0.1, 0.15) is 28.0 Å². The molecule has 0 bridgehead atoms. The van der Waals surface area contributed by atoms with Crippen LogP contribution in [0.3, 0.4) is 0 Å². The minimum Gasteiger partial charge on any atom is -0.348 e. The second-order valence-corrected chi connectivity index (χ2v) is 5.23. The Labute approximate surface area is 110 Å². The second-order valence-electron chi connectivity index (χ2n) is 4.20. The van der Waals surface area contributed by atoms with Crippen molar-refractivity contribution >= 4 is 17.2 Å². The van der Waals surface area contributed by atoms with Gasteiger partial charge >= 0.3 is 0 Å². The summed E-state index contributed by atoms with van der Waals surface area (Å²) >= 11 is 1.70. The molecule has 2 rings (SSSR count). The molecule has 1 amide bonds. The van der Waals surface area contributed by atoms with E-state index in [1.165, 1.54) is 11.1 Å². The number of rotatable bonds is 4. The van der Waals surface area contributed by atoms with Crippen LogP contribution in [0.25, 0.3) is 0 Å². The van der Waals surface area contributed by atoms with Crippen molar-refractivity contribution in [2.24, 2.45) is 0 Å². The van der Waals surface area contributed by atoms with E-state index in [4.69, 9.17) is 0 Å². The number of nitrogens with one attached hydrogen (secondary N) is 1. The third kappa shape index (κ3) is 3.37. The van der Waals surface area contributed by atoms with Gasteiger partial charge in [0.2, 0.25) is 0 Å². The highest BCUT2D eigenvalue weighted by Gasteiger charge is 2.12. The van der Waals surface area contributed by atoms with Gasteiger partial charge in [0, 0.05) is 23.5 Å². The van der Waals surface area contributed by atoms with Gasteiger partial charge in [-0.2, -0.15) is 0 Å². The van der Waals surface area contributed by atoms with E-state index in [1.54, 1.807) is 17.5 Å². The molecular weight excluding hydrogens is 246 g/mol. The van der Waals surface area contributed by atoms with Gasteiger partial charge in [-0.15, -0.1) is 11.3 Å². The minimum absolute atomic E-state index is 0.0826. The van der Waals surface area contributed by atoms with Gasteiger partial charge in [0.25, 0.3) is 5.91 Å². The van der Waals surface area contributed by atoms with Gasteiger partial charge in [-0.3, -0.25) is 9.78 Å². The fourth-order valence-electron chi connectivity index (χ4n) is 1.59. The van der Waals surface area contributed by atoms with E-state index in [2.05, 4.69) is 21.4 Å². The number of carbonyl (C=O) groups is 1. The van der Waals surface area contributed by atoms with Gasteiger partial charge in [0.1, 0.15) is 5.69 Å². The van der Waals surface area contributed by atoms with Crippen LogP contribution < -0.4 is 5.32 Å². The molecule has 5 heteroatoms. The highest BCUT2D eigenvalue weighted by Crippen LogP contribution is 2.11. The Balaban J connectivity index is 1.92. The van der Waals surface area contributed by atoms with Gasteiger partial charge in [0.15, 0.2) is 0 Å². The van der Waals surface area contributed by atoms with Crippen molar-refractivity contribution in [3.05, 3.63) is 46.2 Å². The van der Waals surface area contributed by atoms with Gasteiger partial charge in [-0.25, -0.2) is 4.98 Å². The number of thiophene rings is 1. The zero-order valence-electron chi connectivity index (χ0n) is 10.4. The Morgan fingerprint density at radius 2 is 2.28 bits per heavy atom. The molecule has 2 aromatic rings. The summed E-state index contributed by atoms with van der Waals surface area (Å²) in [6, 6.07) is 4.16. The molecule has 0 saturated heterocycles. The predicted molar refractivity (Wildman–Crippen MR) is 71.7 cm³/mol. The maximum atomic E-state index is 11.9. The molecule has 1 N–H and O–H groups in total. The minimum atomic E-state index is -0.174. The molecule has 94 valence electrons. The average Bonchev–Trinajstić information content (AvgIpc) is 2.82. The smallest absolute Gasteiger partial charge is 0.271 e. The summed E-state index contributed by atoms with van der Waals surface area (Å²) in [6.07, 6.45) is 3.93. The summed E-state index contributed by atoms with van der Waals surface area (Å²) in [6.45, 7) is 3.83. The Hall–Kier alpha value is -1.75. The maximum absolute atomic E-state index is 11.9. The molecule has 4 nitrogen and oxygen atoms in total. The van der Waals surface area contributed by atoms with Crippen LogP contribution in [0.4, 0.5) is 0 Å². The summed E-state index contributed by atoms with van der Waals surface area (Å²) in [5.74, 6) is -0.174. The lowest BCUT2D eigenvalue weighted by Gasteiger charge is -2.12. The number of amides is 1. The first kappa shape index (κ1) is 12.7. The lowest BCUT2D eigenvalue weighted by molar-refractivity contribution is 0.0934. The number of aryl methyl sites for hydroxylation is 1. The van der Waals surface area contributed by atoms with E-state index in [1.807, 2.05) is 25.3 Å². The van der Waals surface area contributed by atoms with Crippen molar-refractivity contribution in [3.63, 3.8) is 0 Å². The normalized spacial score (nSPS) is 12.1. The molecule has 1 unspecified atom stereocenters. The van der Waals surface area contributed by atoms with E-state index < -0.39 is 0 Å². The van der Waals surface area contributed by atoms with Crippen molar-refractivity contribution in [1.29, 1.82) is 0 Å². The SMILES string of the molecule is Cc1cnc(C(=O)NC(C)Cc2cccs2)cn1. The first-order valence-corrected chi connectivity index (χ1v) is 6.65. The van der Waals surface area contributed by atoms with Crippen LogP contribution in [0.5, 0.6) is 0 Å². The van der Waals surface area contributed by atoms with E-state index in [-0.39, 0.29) is 11.9 Å². The Kier molecular flexibility index (Phi) is 4.04. The van der Waals surface area contributed by atoms with E-state index in [0.29, 0.717) is 5.69 Å². The second kappa shape index (κ2) is 5.73. The molecule has 0 aliphatic heterocycles. The van der Waals surface area contributed by atoms with E-state index >= 15 is 0 Å². The topological polar surface area (TPSA) is 54.9 Å². The molecular formula is C13H15N3OS. The molecule has 0 aliphatic rings. The van der Waals surface area contributed by atoms with Crippen LogP contribution in [0, 0.1) is 6.92 Å². The highest BCUT2D eigenvalue weighted by molar-refractivity contribution is 7.09. The Morgan fingerprint density at radius 1 is 1.44 bits per heavy atom. The number of hydrogen-bond donors (Lipinski definition) is 1. The van der Waals surface area contributed by atoms with Crippen molar-refractivity contribution < 1.29 is 4.79 Å². The average molecular weight is 261 g/mol. The zero-order valence-corrected chi connectivity index (χ0v) is 11.2. The van der Waals surface area contributed by atoms with Gasteiger partial charge in [-0.1, -0.05) is 6.07 Å². The molecule has 0 radical (unpaired) electrons. The summed E-state index contributed by atoms with van der Waals surface area (Å²) in [5, 5.41) is 4.96. The predicted octanol–water partition coefficient (Wildman–Crippen LogP) is 2.21. The Morgan fingerprint density at radius 3 is 2.89 bits per heavy atom. The largest absolute Gasteiger partial charge is 0.348 e. The first-order chi connectivity index (χ1) is 8.65. The van der Waals surface area contributed by atoms with Crippen LogP contribution in [0.15, 0.2) is 29.9 Å². The molecule has 2 aromatic heterocycles. The quantitative estimate of drug-likeness (QED) is 0.918. The molecule has 0 aromatic carbocycles. The summed E-state index contributed by atoms with van der Waals surface area (Å²) in [5.41, 5.74) is 1.16. The fourth-order valence-corrected chi connectivity index (χ4v) is 2.42. The fraction of sp³-hybridized carbons (Fsp3) is 0.308. The number of nitrogens with zero attached hydrogens (tertiary/aromatic N) is 2. The van der Waals surface area contributed by atoms with Crippen LogP contribution >= 0.6 is 11.3 Å². The third-order valence-electron chi connectivity index (χ3n) is 2.48. The van der Waals surface area contributed by atoms with Crippen molar-refractivity contribution in [2.45, 2.75) is 26.3 Å². The van der Waals surface area contributed by atoms with E-state index in [0.717, 1.165) is 12.1 Å². The first-order valence-electron chi connectivity index (χ1n) is 5.77. The lowest BCUT2D eigenvalue weighted by atomic mass is 10.2. The standard InChI is InChI=1S/C13H15N3OS/c1-9(6-11-4-3-5-18-11)16-13(17)12-8-14-10(2)7-15-12/h3-5,7-9H,6H2,1-2H3,(H,16,17).